The van der Waals surface area contributed by atoms with Crippen molar-refractivity contribution in [3.05, 3.63) is 29.8 Å². The molecule has 1 aromatic carbocycles. The van der Waals surface area contributed by atoms with Crippen LogP contribution in [0.5, 0.6) is 5.75 Å². The molecule has 0 spiro atoms. The highest BCUT2D eigenvalue weighted by atomic mass is 32.2. The fourth-order valence-corrected chi connectivity index (χ4v) is 3.83. The van der Waals surface area contributed by atoms with Gasteiger partial charge in [0.05, 0.1) is 6.61 Å². The predicted octanol–water partition coefficient (Wildman–Crippen LogP) is 0.735. The molecule has 1 aliphatic heterocycles. The third-order valence-electron chi connectivity index (χ3n) is 3.47. The first-order chi connectivity index (χ1) is 9.95. The molecule has 6 nitrogen and oxygen atoms in total. The Morgan fingerprint density at radius 2 is 2.24 bits per heavy atom. The van der Waals surface area contributed by atoms with E-state index in [1.54, 1.807) is 0 Å². The number of hydrogen-bond acceptors (Lipinski definition) is 4. The highest BCUT2D eigenvalue weighted by Gasteiger charge is 2.41. The number of nitrogens with one attached hydrogen (secondary N) is 1. The number of rotatable bonds is 5. The van der Waals surface area contributed by atoms with Crippen molar-refractivity contribution in [3.63, 3.8) is 0 Å². The molecule has 1 saturated heterocycles. The van der Waals surface area contributed by atoms with Crippen LogP contribution >= 0.6 is 0 Å². The van der Waals surface area contributed by atoms with E-state index in [0.29, 0.717) is 19.6 Å². The fraction of sp³-hybridized carbons (Fsp3) is 0.500. The summed E-state index contributed by atoms with van der Waals surface area (Å²) < 4.78 is 30.5. The van der Waals surface area contributed by atoms with E-state index in [1.807, 2.05) is 31.2 Å². The average molecular weight is 312 g/mol. The van der Waals surface area contributed by atoms with Gasteiger partial charge >= 0.3 is 0 Å². The van der Waals surface area contributed by atoms with E-state index < -0.39 is 21.2 Å². The molecule has 0 aromatic heterocycles. The number of ether oxygens (including phenoxy) is 1. The largest absolute Gasteiger partial charge is 0.494 e. The van der Waals surface area contributed by atoms with Gasteiger partial charge in [-0.25, -0.2) is 12.7 Å². The molecule has 7 heteroatoms. The number of amides is 1. The van der Waals surface area contributed by atoms with Crippen LogP contribution in [0.4, 0.5) is 0 Å². The van der Waals surface area contributed by atoms with Gasteiger partial charge in [0.2, 0.25) is 15.9 Å². The smallest absolute Gasteiger partial charge is 0.240 e. The molecular formula is C14H20N2O4S. The van der Waals surface area contributed by atoms with Crippen LogP contribution in [0.1, 0.15) is 18.9 Å². The zero-order valence-electron chi connectivity index (χ0n) is 12.2. The summed E-state index contributed by atoms with van der Waals surface area (Å²) in [6, 6.07) is 7.37. The minimum absolute atomic E-state index is 0.287. The lowest BCUT2D eigenvalue weighted by atomic mass is 10.2. The quantitative estimate of drug-likeness (QED) is 0.870. The second-order valence-electron chi connectivity index (χ2n) is 4.94. The Balaban J connectivity index is 1.97. The lowest BCUT2D eigenvalue weighted by Crippen LogP contribution is -2.39. The molecular weight excluding hydrogens is 292 g/mol. The van der Waals surface area contributed by atoms with Gasteiger partial charge in [0.15, 0.2) is 5.25 Å². The second kappa shape index (κ2) is 6.44. The van der Waals surface area contributed by atoms with Gasteiger partial charge in [-0.1, -0.05) is 12.1 Å². The second-order valence-corrected chi connectivity index (χ2v) is 7.16. The molecule has 1 fully saturated rings. The van der Waals surface area contributed by atoms with Crippen LogP contribution < -0.4 is 10.1 Å². The van der Waals surface area contributed by atoms with Crippen molar-refractivity contribution in [2.24, 2.45) is 0 Å². The first-order valence-electron chi connectivity index (χ1n) is 6.89. The maximum atomic E-state index is 12.0. The number of sulfonamides is 1. The summed E-state index contributed by atoms with van der Waals surface area (Å²) in [5, 5.41) is 1.71. The number of nitrogens with zero attached hydrogens (tertiary/aromatic N) is 1. The Morgan fingerprint density at radius 1 is 1.48 bits per heavy atom. The predicted molar refractivity (Wildman–Crippen MR) is 79.4 cm³/mol. The van der Waals surface area contributed by atoms with Crippen LogP contribution in [0.25, 0.3) is 0 Å². The first-order valence-corrected chi connectivity index (χ1v) is 8.40. The van der Waals surface area contributed by atoms with E-state index in [1.165, 1.54) is 11.4 Å². The van der Waals surface area contributed by atoms with Gasteiger partial charge in [-0.05, 0) is 31.0 Å². The van der Waals surface area contributed by atoms with Crippen molar-refractivity contribution >= 4 is 15.9 Å². The number of carbonyl (C=O) groups is 1. The molecule has 1 heterocycles. The monoisotopic (exact) mass is 312 g/mol. The summed E-state index contributed by atoms with van der Waals surface area (Å²) in [5.74, 6) is 0.290. The maximum Gasteiger partial charge on any atom is 0.240 e. The van der Waals surface area contributed by atoms with Gasteiger partial charge in [-0.15, -0.1) is 0 Å². The van der Waals surface area contributed by atoms with Crippen molar-refractivity contribution in [2.75, 3.05) is 20.2 Å². The van der Waals surface area contributed by atoms with Crippen molar-refractivity contribution < 1.29 is 17.9 Å². The summed E-state index contributed by atoms with van der Waals surface area (Å²) in [7, 11) is -2.00. The summed E-state index contributed by atoms with van der Waals surface area (Å²) >= 11 is 0. The SMILES string of the molecule is CCOc1cccc(CNC(=O)C2CCN(C)S2(=O)=O)c1. The van der Waals surface area contributed by atoms with Gasteiger partial charge in [-0.2, -0.15) is 0 Å². The van der Waals surface area contributed by atoms with Crippen LogP contribution in [0.2, 0.25) is 0 Å². The van der Waals surface area contributed by atoms with Crippen LogP contribution in [-0.2, 0) is 21.4 Å². The van der Waals surface area contributed by atoms with Crippen molar-refractivity contribution in [1.82, 2.24) is 9.62 Å². The molecule has 1 unspecified atom stereocenters. The van der Waals surface area contributed by atoms with Crippen LogP contribution in [0.15, 0.2) is 24.3 Å². The molecule has 2 rings (SSSR count). The van der Waals surface area contributed by atoms with Gasteiger partial charge in [0.1, 0.15) is 5.75 Å². The molecule has 1 amide bonds. The molecule has 0 saturated carbocycles. The topological polar surface area (TPSA) is 75.7 Å². The standard InChI is InChI=1S/C14H20N2O4S/c1-3-20-12-6-4-5-11(9-12)10-15-14(17)13-7-8-16(2)21(13,18)19/h4-6,9,13H,3,7-8,10H2,1-2H3,(H,15,17). The number of hydrogen-bond donors (Lipinski definition) is 1. The Bertz CT molecular complexity index is 615. The molecule has 116 valence electrons. The average Bonchev–Trinajstić information content (AvgIpc) is 2.71. The van der Waals surface area contributed by atoms with E-state index in [2.05, 4.69) is 5.32 Å². The Morgan fingerprint density at radius 3 is 2.86 bits per heavy atom. The molecule has 1 atom stereocenters. The molecule has 0 aliphatic carbocycles. The summed E-state index contributed by atoms with van der Waals surface area (Å²) in [5.41, 5.74) is 0.873. The van der Waals surface area contributed by atoms with Crippen molar-refractivity contribution in [3.8, 4) is 5.75 Å². The third kappa shape index (κ3) is 3.54. The Kier molecular flexibility index (Phi) is 4.84. The van der Waals surface area contributed by atoms with Crippen LogP contribution in [-0.4, -0.2) is 44.1 Å². The fourth-order valence-electron chi connectivity index (χ4n) is 2.27. The molecule has 1 aliphatic rings. The molecule has 0 radical (unpaired) electrons. The van der Waals surface area contributed by atoms with E-state index in [9.17, 15) is 13.2 Å². The van der Waals surface area contributed by atoms with E-state index in [-0.39, 0.29) is 6.54 Å². The lowest BCUT2D eigenvalue weighted by Gasteiger charge is -2.13. The molecule has 1 N–H and O–H groups in total. The van der Waals surface area contributed by atoms with E-state index in [4.69, 9.17) is 4.74 Å². The lowest BCUT2D eigenvalue weighted by molar-refractivity contribution is -0.120. The van der Waals surface area contributed by atoms with E-state index in [0.717, 1.165) is 11.3 Å². The van der Waals surface area contributed by atoms with Crippen LogP contribution in [0, 0.1) is 0 Å². The Hall–Kier alpha value is -1.60. The number of benzene rings is 1. The van der Waals surface area contributed by atoms with Gasteiger partial charge in [-0.3, -0.25) is 4.79 Å². The highest BCUT2D eigenvalue weighted by molar-refractivity contribution is 7.90. The van der Waals surface area contributed by atoms with Gasteiger partial charge < -0.3 is 10.1 Å². The van der Waals surface area contributed by atoms with Crippen molar-refractivity contribution in [2.45, 2.75) is 25.1 Å². The summed E-state index contributed by atoms with van der Waals surface area (Å²) in [6.45, 7) is 3.15. The van der Waals surface area contributed by atoms with Crippen molar-refractivity contribution in [1.29, 1.82) is 0 Å². The first kappa shape index (κ1) is 15.8. The molecule has 1 aromatic rings. The zero-order valence-corrected chi connectivity index (χ0v) is 13.0. The molecule has 0 bridgehead atoms. The number of carbonyl (C=O) groups excluding carboxylic acids is 1. The summed E-state index contributed by atoms with van der Waals surface area (Å²) in [6.07, 6.45) is 0.337. The third-order valence-corrected chi connectivity index (χ3v) is 5.69. The Labute approximate surface area is 125 Å². The zero-order chi connectivity index (χ0) is 15.5. The summed E-state index contributed by atoms with van der Waals surface area (Å²) in [4.78, 5) is 12.0. The van der Waals surface area contributed by atoms with Gasteiger partial charge in [0, 0.05) is 20.1 Å². The normalized spacial score (nSPS) is 21.1. The van der Waals surface area contributed by atoms with Crippen LogP contribution in [0.3, 0.4) is 0 Å². The minimum Gasteiger partial charge on any atom is -0.494 e. The minimum atomic E-state index is -3.49. The van der Waals surface area contributed by atoms with Gasteiger partial charge in [0.25, 0.3) is 0 Å². The molecule has 21 heavy (non-hydrogen) atoms. The van der Waals surface area contributed by atoms with E-state index >= 15 is 0 Å². The maximum absolute atomic E-state index is 12.0. The highest BCUT2D eigenvalue weighted by Crippen LogP contribution is 2.20.